The molecule has 100 valence electrons. The van der Waals surface area contributed by atoms with Gasteiger partial charge in [0.15, 0.2) is 6.10 Å². The van der Waals surface area contributed by atoms with E-state index in [1.54, 1.807) is 11.3 Å². The number of hydrogen-bond donors (Lipinski definition) is 1. The molecule has 2 heterocycles. The lowest BCUT2D eigenvalue weighted by Crippen LogP contribution is -2.21. The van der Waals surface area contributed by atoms with E-state index in [2.05, 4.69) is 36.3 Å². The molecule has 2 aromatic rings. The fourth-order valence-corrected chi connectivity index (χ4v) is 3.08. The largest absolute Gasteiger partial charge is 0.483 e. The van der Waals surface area contributed by atoms with Crippen LogP contribution in [0.1, 0.15) is 35.4 Å². The van der Waals surface area contributed by atoms with Crippen LogP contribution < -0.4 is 10.1 Å². The number of fused-ring (bicyclic) bond motifs is 1. The van der Waals surface area contributed by atoms with Gasteiger partial charge >= 0.3 is 0 Å². The van der Waals surface area contributed by atoms with Crippen molar-refractivity contribution >= 4 is 11.3 Å². The Morgan fingerprint density at radius 2 is 2.26 bits per heavy atom. The van der Waals surface area contributed by atoms with E-state index in [9.17, 15) is 0 Å². The SMILES string of the molecule is CC(C)NCc1cnc(C2Cc3ccccc3O2)s1. The van der Waals surface area contributed by atoms with Crippen molar-refractivity contribution in [2.24, 2.45) is 0 Å². The molecule has 0 bridgehead atoms. The Morgan fingerprint density at radius 3 is 3.05 bits per heavy atom. The summed E-state index contributed by atoms with van der Waals surface area (Å²) in [7, 11) is 0. The van der Waals surface area contributed by atoms with Crippen molar-refractivity contribution in [2.75, 3.05) is 0 Å². The fraction of sp³-hybridized carbons (Fsp3) is 0.400. The molecule has 3 rings (SSSR count). The van der Waals surface area contributed by atoms with Gasteiger partial charge in [-0.3, -0.25) is 0 Å². The van der Waals surface area contributed by atoms with Crippen molar-refractivity contribution in [3.05, 3.63) is 45.9 Å². The summed E-state index contributed by atoms with van der Waals surface area (Å²) < 4.78 is 5.96. The number of aromatic nitrogens is 1. The van der Waals surface area contributed by atoms with Gasteiger partial charge in [0.2, 0.25) is 0 Å². The van der Waals surface area contributed by atoms with E-state index >= 15 is 0 Å². The van der Waals surface area contributed by atoms with E-state index in [4.69, 9.17) is 4.74 Å². The molecule has 1 N–H and O–H groups in total. The molecular formula is C15H18N2OS. The third kappa shape index (κ3) is 2.80. The first-order valence-corrected chi connectivity index (χ1v) is 7.46. The van der Waals surface area contributed by atoms with Gasteiger partial charge in [0, 0.05) is 30.1 Å². The quantitative estimate of drug-likeness (QED) is 0.928. The lowest BCUT2D eigenvalue weighted by molar-refractivity contribution is 0.238. The first-order chi connectivity index (χ1) is 9.22. The monoisotopic (exact) mass is 274 g/mol. The predicted molar refractivity (Wildman–Crippen MR) is 77.6 cm³/mol. The molecule has 0 spiro atoms. The molecule has 0 aliphatic carbocycles. The average molecular weight is 274 g/mol. The Hall–Kier alpha value is -1.39. The molecule has 0 fully saturated rings. The highest BCUT2D eigenvalue weighted by atomic mass is 32.1. The predicted octanol–water partition coefficient (Wildman–Crippen LogP) is 3.32. The van der Waals surface area contributed by atoms with Crippen molar-refractivity contribution in [1.82, 2.24) is 10.3 Å². The van der Waals surface area contributed by atoms with Crippen LogP contribution >= 0.6 is 11.3 Å². The zero-order valence-electron chi connectivity index (χ0n) is 11.2. The van der Waals surface area contributed by atoms with Gasteiger partial charge in [-0.2, -0.15) is 0 Å². The van der Waals surface area contributed by atoms with Crippen LogP contribution in [0.4, 0.5) is 0 Å². The molecule has 1 aliphatic heterocycles. The standard InChI is InChI=1S/C15H18N2OS/c1-10(2)16-8-12-9-17-15(19-12)14-7-11-5-3-4-6-13(11)18-14/h3-6,9-10,14,16H,7-8H2,1-2H3. The molecule has 1 unspecified atom stereocenters. The van der Waals surface area contributed by atoms with E-state index in [1.165, 1.54) is 10.4 Å². The second-order valence-corrected chi connectivity index (χ2v) is 6.27. The fourth-order valence-electron chi connectivity index (χ4n) is 2.18. The lowest BCUT2D eigenvalue weighted by Gasteiger charge is -2.07. The average Bonchev–Trinajstić information content (AvgIpc) is 3.02. The van der Waals surface area contributed by atoms with Crippen molar-refractivity contribution in [2.45, 2.75) is 39.0 Å². The van der Waals surface area contributed by atoms with Crippen LogP contribution in [0.5, 0.6) is 5.75 Å². The number of thiazole rings is 1. The van der Waals surface area contributed by atoms with Crippen LogP contribution in [-0.4, -0.2) is 11.0 Å². The maximum atomic E-state index is 5.96. The molecule has 1 atom stereocenters. The van der Waals surface area contributed by atoms with E-state index in [0.29, 0.717) is 6.04 Å². The van der Waals surface area contributed by atoms with Gasteiger partial charge < -0.3 is 10.1 Å². The molecule has 4 heteroatoms. The number of ether oxygens (including phenoxy) is 1. The molecular weight excluding hydrogens is 256 g/mol. The minimum absolute atomic E-state index is 0.0928. The zero-order valence-corrected chi connectivity index (χ0v) is 12.0. The van der Waals surface area contributed by atoms with Gasteiger partial charge in [0.1, 0.15) is 10.8 Å². The zero-order chi connectivity index (χ0) is 13.2. The summed E-state index contributed by atoms with van der Waals surface area (Å²) in [5, 5.41) is 4.49. The van der Waals surface area contributed by atoms with E-state index in [-0.39, 0.29) is 6.10 Å². The second-order valence-electron chi connectivity index (χ2n) is 5.12. The number of para-hydroxylation sites is 1. The van der Waals surface area contributed by atoms with Gasteiger partial charge in [-0.05, 0) is 11.6 Å². The second kappa shape index (κ2) is 5.31. The van der Waals surface area contributed by atoms with Gasteiger partial charge in [0.05, 0.1) is 0 Å². The van der Waals surface area contributed by atoms with E-state index in [0.717, 1.165) is 23.7 Å². The Bertz CT molecular complexity index is 540. The highest BCUT2D eigenvalue weighted by Crippen LogP contribution is 2.37. The van der Waals surface area contributed by atoms with Crippen molar-refractivity contribution in [1.29, 1.82) is 0 Å². The Labute approximate surface area is 117 Å². The van der Waals surface area contributed by atoms with E-state index in [1.807, 2.05) is 18.3 Å². The normalized spacial score (nSPS) is 17.5. The summed E-state index contributed by atoms with van der Waals surface area (Å²) in [6.07, 6.45) is 2.98. The number of hydrogen-bond acceptors (Lipinski definition) is 4. The third-order valence-corrected chi connectivity index (χ3v) is 4.27. The summed E-state index contributed by atoms with van der Waals surface area (Å²) >= 11 is 1.74. The van der Waals surface area contributed by atoms with Crippen LogP contribution in [0.15, 0.2) is 30.5 Å². The van der Waals surface area contributed by atoms with Crippen LogP contribution in [0.25, 0.3) is 0 Å². The summed E-state index contributed by atoms with van der Waals surface area (Å²) in [4.78, 5) is 5.78. The summed E-state index contributed by atoms with van der Waals surface area (Å²) in [6.45, 7) is 5.19. The summed E-state index contributed by atoms with van der Waals surface area (Å²) in [5.41, 5.74) is 1.28. The Balaban J connectivity index is 1.68. The number of rotatable bonds is 4. The first-order valence-electron chi connectivity index (χ1n) is 6.65. The Morgan fingerprint density at radius 1 is 1.42 bits per heavy atom. The molecule has 1 aliphatic rings. The Kier molecular flexibility index (Phi) is 3.53. The maximum absolute atomic E-state index is 5.96. The number of nitrogens with zero attached hydrogens (tertiary/aromatic N) is 1. The molecule has 0 saturated heterocycles. The van der Waals surface area contributed by atoms with Crippen molar-refractivity contribution < 1.29 is 4.74 Å². The highest BCUT2D eigenvalue weighted by molar-refractivity contribution is 7.11. The number of nitrogens with one attached hydrogen (secondary N) is 1. The van der Waals surface area contributed by atoms with Gasteiger partial charge in [0.25, 0.3) is 0 Å². The molecule has 1 aromatic carbocycles. The minimum Gasteiger partial charge on any atom is -0.483 e. The summed E-state index contributed by atoms with van der Waals surface area (Å²) in [5.74, 6) is 1.00. The van der Waals surface area contributed by atoms with Crippen LogP contribution in [0.3, 0.4) is 0 Å². The van der Waals surface area contributed by atoms with Crippen LogP contribution in [0.2, 0.25) is 0 Å². The van der Waals surface area contributed by atoms with Gasteiger partial charge in [-0.1, -0.05) is 32.0 Å². The molecule has 3 nitrogen and oxygen atoms in total. The number of benzene rings is 1. The molecule has 19 heavy (non-hydrogen) atoms. The maximum Gasteiger partial charge on any atom is 0.154 e. The van der Waals surface area contributed by atoms with Gasteiger partial charge in [-0.25, -0.2) is 4.98 Å². The topological polar surface area (TPSA) is 34.2 Å². The molecule has 0 saturated carbocycles. The van der Waals surface area contributed by atoms with Crippen LogP contribution in [0, 0.1) is 0 Å². The molecule has 1 aromatic heterocycles. The molecule has 0 radical (unpaired) electrons. The van der Waals surface area contributed by atoms with Crippen LogP contribution in [-0.2, 0) is 13.0 Å². The molecule has 0 amide bonds. The minimum atomic E-state index is 0.0928. The van der Waals surface area contributed by atoms with Crippen molar-refractivity contribution in [3.63, 3.8) is 0 Å². The van der Waals surface area contributed by atoms with Crippen molar-refractivity contribution in [3.8, 4) is 5.75 Å². The highest BCUT2D eigenvalue weighted by Gasteiger charge is 2.26. The van der Waals surface area contributed by atoms with E-state index < -0.39 is 0 Å². The van der Waals surface area contributed by atoms with Gasteiger partial charge in [-0.15, -0.1) is 11.3 Å². The third-order valence-electron chi connectivity index (χ3n) is 3.18. The summed E-state index contributed by atoms with van der Waals surface area (Å²) in [6, 6.07) is 8.73. The first kappa shape index (κ1) is 12.6. The smallest absolute Gasteiger partial charge is 0.154 e. The lowest BCUT2D eigenvalue weighted by atomic mass is 10.1.